The van der Waals surface area contributed by atoms with Gasteiger partial charge in [0.2, 0.25) is 5.91 Å². The van der Waals surface area contributed by atoms with Crippen molar-refractivity contribution in [1.82, 2.24) is 0 Å². The molecule has 4 nitrogen and oxygen atoms in total. The first-order valence-electron chi connectivity index (χ1n) is 6.68. The van der Waals surface area contributed by atoms with Crippen LogP contribution in [0.15, 0.2) is 39.8 Å². The number of amides is 1. The lowest BCUT2D eigenvalue weighted by atomic mass is 9.99. The zero-order valence-corrected chi connectivity index (χ0v) is 14.3. The molecule has 1 aliphatic heterocycles. The second-order valence-electron chi connectivity index (χ2n) is 4.84. The minimum Gasteiger partial charge on any atom is -0.497 e. The molecule has 0 fully saturated rings. The van der Waals surface area contributed by atoms with Crippen LogP contribution in [0.3, 0.4) is 0 Å². The quantitative estimate of drug-likeness (QED) is 0.831. The Balaban J connectivity index is 2.28. The SMILES string of the molecule is COc1ccc(F)c(C2=NCC(=O)Nc3ccc(Br)c(Cl)c32)c1. The molecule has 0 aromatic heterocycles. The number of methoxy groups -OCH3 is 1. The standard InChI is InChI=1S/C16H11BrClFN2O2/c1-23-8-2-4-11(19)9(6-8)16-14-12(21-13(22)7-20-16)5-3-10(17)15(14)18/h2-6H,7H2,1H3,(H,21,22). The van der Waals surface area contributed by atoms with Crippen molar-refractivity contribution in [1.29, 1.82) is 0 Å². The van der Waals surface area contributed by atoms with E-state index in [2.05, 4.69) is 26.2 Å². The Labute approximate surface area is 145 Å². The molecule has 0 spiro atoms. The largest absolute Gasteiger partial charge is 0.497 e. The monoisotopic (exact) mass is 396 g/mol. The Morgan fingerprint density at radius 2 is 2.13 bits per heavy atom. The molecule has 3 rings (SSSR count). The number of nitrogens with zero attached hydrogens (tertiary/aromatic N) is 1. The minimum absolute atomic E-state index is 0.116. The van der Waals surface area contributed by atoms with E-state index in [-0.39, 0.29) is 18.0 Å². The van der Waals surface area contributed by atoms with Crippen LogP contribution in [0.5, 0.6) is 5.75 Å². The summed E-state index contributed by atoms with van der Waals surface area (Å²) in [4.78, 5) is 16.1. The normalized spacial score (nSPS) is 13.7. The number of carbonyl (C=O) groups is 1. The molecule has 0 saturated heterocycles. The summed E-state index contributed by atoms with van der Waals surface area (Å²) in [6, 6.07) is 7.75. The van der Waals surface area contributed by atoms with Gasteiger partial charge in [0, 0.05) is 15.6 Å². The number of fused-ring (bicyclic) bond motifs is 1. The molecule has 1 aliphatic rings. The summed E-state index contributed by atoms with van der Waals surface area (Å²) in [5, 5.41) is 3.08. The Bertz CT molecular complexity index is 839. The number of nitrogens with one attached hydrogen (secondary N) is 1. The highest BCUT2D eigenvalue weighted by atomic mass is 79.9. The first-order valence-corrected chi connectivity index (χ1v) is 7.85. The van der Waals surface area contributed by atoms with Gasteiger partial charge in [-0.15, -0.1) is 0 Å². The summed E-state index contributed by atoms with van der Waals surface area (Å²) in [7, 11) is 1.49. The number of benzodiazepines with no additional fused rings is 1. The molecule has 23 heavy (non-hydrogen) atoms. The maximum absolute atomic E-state index is 14.4. The lowest BCUT2D eigenvalue weighted by Crippen LogP contribution is -2.13. The molecular weight excluding hydrogens is 387 g/mol. The van der Waals surface area contributed by atoms with Crippen LogP contribution in [0.4, 0.5) is 10.1 Å². The lowest BCUT2D eigenvalue weighted by molar-refractivity contribution is -0.114. The second kappa shape index (κ2) is 6.29. The van der Waals surface area contributed by atoms with E-state index in [9.17, 15) is 9.18 Å². The van der Waals surface area contributed by atoms with Crippen LogP contribution < -0.4 is 10.1 Å². The summed E-state index contributed by atoms with van der Waals surface area (Å²) in [5.41, 5.74) is 1.49. The zero-order valence-electron chi connectivity index (χ0n) is 12.0. The van der Waals surface area contributed by atoms with Crippen LogP contribution in [-0.2, 0) is 4.79 Å². The molecule has 1 heterocycles. The predicted octanol–water partition coefficient (Wildman–Crippen LogP) is 4.04. The lowest BCUT2D eigenvalue weighted by Gasteiger charge is -2.14. The maximum Gasteiger partial charge on any atom is 0.246 e. The Kier molecular flexibility index (Phi) is 4.37. The highest BCUT2D eigenvalue weighted by Gasteiger charge is 2.24. The Morgan fingerprint density at radius 3 is 2.87 bits per heavy atom. The van der Waals surface area contributed by atoms with Gasteiger partial charge >= 0.3 is 0 Å². The van der Waals surface area contributed by atoms with Gasteiger partial charge in [-0.1, -0.05) is 11.6 Å². The van der Waals surface area contributed by atoms with Crippen LogP contribution in [0.1, 0.15) is 11.1 Å². The molecule has 7 heteroatoms. The smallest absolute Gasteiger partial charge is 0.246 e. The van der Waals surface area contributed by atoms with Crippen molar-refractivity contribution < 1.29 is 13.9 Å². The first-order chi connectivity index (χ1) is 11.0. The molecule has 1 amide bonds. The maximum atomic E-state index is 14.4. The number of ether oxygens (including phenoxy) is 1. The van der Waals surface area contributed by atoms with Gasteiger partial charge in [-0.05, 0) is 46.3 Å². The predicted molar refractivity (Wildman–Crippen MR) is 91.2 cm³/mol. The Hall–Kier alpha value is -1.92. The van der Waals surface area contributed by atoms with Crippen molar-refractivity contribution >= 4 is 44.8 Å². The number of carbonyl (C=O) groups excluding carboxylic acids is 1. The molecule has 0 unspecified atom stereocenters. The number of hydrogen-bond acceptors (Lipinski definition) is 3. The molecule has 0 radical (unpaired) electrons. The van der Waals surface area contributed by atoms with Crippen LogP contribution in [-0.4, -0.2) is 25.3 Å². The molecule has 0 saturated carbocycles. The average molecular weight is 398 g/mol. The van der Waals surface area contributed by atoms with Crippen molar-refractivity contribution in [2.24, 2.45) is 4.99 Å². The van der Waals surface area contributed by atoms with Crippen molar-refractivity contribution in [2.75, 3.05) is 19.0 Å². The van der Waals surface area contributed by atoms with Crippen molar-refractivity contribution in [2.45, 2.75) is 0 Å². The van der Waals surface area contributed by atoms with Gasteiger partial charge < -0.3 is 10.1 Å². The summed E-state index contributed by atoms with van der Waals surface area (Å²) >= 11 is 9.71. The highest BCUT2D eigenvalue weighted by Crippen LogP contribution is 2.35. The van der Waals surface area contributed by atoms with E-state index < -0.39 is 5.82 Å². The summed E-state index contributed by atoms with van der Waals surface area (Å²) in [6.45, 7) is -0.116. The summed E-state index contributed by atoms with van der Waals surface area (Å²) < 4.78 is 20.1. The highest BCUT2D eigenvalue weighted by molar-refractivity contribution is 9.10. The van der Waals surface area contributed by atoms with Crippen LogP contribution >= 0.6 is 27.5 Å². The average Bonchev–Trinajstić information content (AvgIpc) is 2.71. The third-order valence-corrected chi connectivity index (χ3v) is 4.70. The van der Waals surface area contributed by atoms with E-state index in [1.165, 1.54) is 25.3 Å². The van der Waals surface area contributed by atoms with Crippen LogP contribution in [0, 0.1) is 5.82 Å². The number of aliphatic imine (C=N–C) groups is 1. The summed E-state index contributed by atoms with van der Waals surface area (Å²) in [5.74, 6) is -0.274. The minimum atomic E-state index is -0.471. The number of rotatable bonds is 2. The summed E-state index contributed by atoms with van der Waals surface area (Å²) in [6.07, 6.45) is 0. The molecule has 1 N–H and O–H groups in total. The fraction of sp³-hybridized carbons (Fsp3) is 0.125. The van der Waals surface area contributed by atoms with Crippen LogP contribution in [0.25, 0.3) is 0 Å². The number of hydrogen-bond donors (Lipinski definition) is 1. The Morgan fingerprint density at radius 1 is 1.35 bits per heavy atom. The van der Waals surface area contributed by atoms with Gasteiger partial charge in [0.15, 0.2) is 0 Å². The van der Waals surface area contributed by atoms with E-state index >= 15 is 0 Å². The zero-order chi connectivity index (χ0) is 16.6. The van der Waals surface area contributed by atoms with Gasteiger partial charge in [-0.2, -0.15) is 0 Å². The molecule has 0 atom stereocenters. The molecule has 0 aliphatic carbocycles. The number of halogens is 3. The first kappa shape index (κ1) is 16.0. The van der Waals surface area contributed by atoms with Crippen LogP contribution in [0.2, 0.25) is 5.02 Å². The topological polar surface area (TPSA) is 50.7 Å². The molecule has 2 aromatic carbocycles. The van der Waals surface area contributed by atoms with Crippen molar-refractivity contribution in [3.05, 3.63) is 56.8 Å². The van der Waals surface area contributed by atoms with Gasteiger partial charge in [-0.3, -0.25) is 9.79 Å². The third kappa shape index (κ3) is 2.96. The number of anilines is 1. The van der Waals surface area contributed by atoms with Crippen molar-refractivity contribution in [3.8, 4) is 5.75 Å². The molecule has 118 valence electrons. The van der Waals surface area contributed by atoms with E-state index in [1.807, 2.05) is 0 Å². The van der Waals surface area contributed by atoms with E-state index in [0.717, 1.165) is 0 Å². The molecule has 2 aromatic rings. The third-order valence-electron chi connectivity index (χ3n) is 3.42. The van der Waals surface area contributed by atoms with E-state index in [4.69, 9.17) is 16.3 Å². The second-order valence-corrected chi connectivity index (χ2v) is 6.08. The number of benzene rings is 2. The molecular formula is C16H11BrClFN2O2. The van der Waals surface area contributed by atoms with E-state index in [0.29, 0.717) is 32.2 Å². The van der Waals surface area contributed by atoms with Gasteiger partial charge in [0.25, 0.3) is 0 Å². The fourth-order valence-corrected chi connectivity index (χ4v) is 2.92. The fourth-order valence-electron chi connectivity index (χ4n) is 2.34. The molecule has 0 bridgehead atoms. The van der Waals surface area contributed by atoms with Gasteiger partial charge in [0.1, 0.15) is 18.1 Å². The van der Waals surface area contributed by atoms with Gasteiger partial charge in [0.05, 0.1) is 23.5 Å². The van der Waals surface area contributed by atoms with Crippen molar-refractivity contribution in [3.63, 3.8) is 0 Å². The van der Waals surface area contributed by atoms with Gasteiger partial charge in [-0.25, -0.2) is 4.39 Å². The van der Waals surface area contributed by atoms with E-state index in [1.54, 1.807) is 12.1 Å².